The molecule has 2 aromatic heterocycles. The Morgan fingerprint density at radius 3 is 2.48 bits per heavy atom. The van der Waals surface area contributed by atoms with Gasteiger partial charge in [-0.05, 0) is 43.7 Å². The van der Waals surface area contributed by atoms with Gasteiger partial charge in [0, 0.05) is 44.4 Å². The molecule has 2 aliphatic rings. The van der Waals surface area contributed by atoms with Gasteiger partial charge in [0.1, 0.15) is 17.9 Å². The van der Waals surface area contributed by atoms with E-state index >= 15 is 0 Å². The molecule has 31 heavy (non-hydrogen) atoms. The number of ether oxygens (including phenoxy) is 1. The highest BCUT2D eigenvalue weighted by molar-refractivity contribution is 7.89. The van der Waals surface area contributed by atoms with Crippen LogP contribution in [0.15, 0.2) is 41.6 Å². The van der Waals surface area contributed by atoms with Crippen molar-refractivity contribution < 1.29 is 13.2 Å². The monoisotopic (exact) mass is 440 g/mol. The Bertz CT molecular complexity index is 1230. The molecule has 1 fully saturated rings. The molecule has 4 heterocycles. The van der Waals surface area contributed by atoms with Crippen LogP contribution in [0.3, 0.4) is 0 Å². The molecule has 0 saturated carbocycles. The van der Waals surface area contributed by atoms with Crippen molar-refractivity contribution in [2.45, 2.75) is 25.2 Å². The van der Waals surface area contributed by atoms with Crippen LogP contribution in [-0.2, 0) is 16.4 Å². The molecular formula is C21H24N6O3S. The number of anilines is 1. The smallest absolute Gasteiger partial charge is 0.243 e. The maximum atomic E-state index is 13.1. The van der Waals surface area contributed by atoms with Crippen LogP contribution in [-0.4, -0.2) is 65.3 Å². The second kappa shape index (κ2) is 7.61. The average molecular weight is 441 g/mol. The van der Waals surface area contributed by atoms with E-state index in [2.05, 4.69) is 20.0 Å². The topological polar surface area (TPSA) is 93.5 Å². The summed E-state index contributed by atoms with van der Waals surface area (Å²) in [5, 5.41) is 4.48. The molecule has 1 aromatic carbocycles. The molecule has 0 atom stereocenters. The molecule has 0 N–H and O–H groups in total. The minimum absolute atomic E-state index is 0.332. The van der Waals surface area contributed by atoms with Gasteiger partial charge in [0.2, 0.25) is 10.0 Å². The lowest BCUT2D eigenvalue weighted by Crippen LogP contribution is -2.49. The Kier molecular flexibility index (Phi) is 4.90. The van der Waals surface area contributed by atoms with Crippen LogP contribution in [0.25, 0.3) is 5.82 Å². The number of hydrogen-bond donors (Lipinski definition) is 0. The van der Waals surface area contributed by atoms with Gasteiger partial charge in [0.15, 0.2) is 5.82 Å². The second-order valence-electron chi connectivity index (χ2n) is 7.83. The standard InChI is InChI=1S/C21H24N6O3S/c1-15-11-16(2)27(24-15)21-13-20(22-14-23-21)25-6-8-26(9-7-25)31(28,29)18-3-4-19-17(12-18)5-10-30-19/h3-4,11-14H,5-10H2,1-2H3. The molecule has 0 bridgehead atoms. The maximum absolute atomic E-state index is 13.1. The molecule has 0 unspecified atom stereocenters. The Hall–Kier alpha value is -2.98. The van der Waals surface area contributed by atoms with E-state index in [1.165, 1.54) is 6.33 Å². The van der Waals surface area contributed by atoms with Gasteiger partial charge in [-0.15, -0.1) is 0 Å². The highest BCUT2D eigenvalue weighted by atomic mass is 32.2. The number of aromatic nitrogens is 4. The third kappa shape index (κ3) is 3.66. The van der Waals surface area contributed by atoms with Crippen molar-refractivity contribution >= 4 is 15.8 Å². The summed E-state index contributed by atoms with van der Waals surface area (Å²) in [7, 11) is -3.54. The zero-order valence-corrected chi connectivity index (χ0v) is 18.3. The number of benzene rings is 1. The third-order valence-corrected chi connectivity index (χ3v) is 7.62. The Balaban J connectivity index is 1.31. The van der Waals surface area contributed by atoms with Gasteiger partial charge in [-0.1, -0.05) is 0 Å². The zero-order chi connectivity index (χ0) is 21.6. The number of piperazine rings is 1. The predicted octanol–water partition coefficient (Wildman–Crippen LogP) is 1.72. The summed E-state index contributed by atoms with van der Waals surface area (Å²) in [6, 6.07) is 9.03. The molecular weight excluding hydrogens is 416 g/mol. The van der Waals surface area contributed by atoms with E-state index in [9.17, 15) is 8.42 Å². The highest BCUT2D eigenvalue weighted by Crippen LogP contribution is 2.29. The number of nitrogens with zero attached hydrogens (tertiary/aromatic N) is 6. The minimum Gasteiger partial charge on any atom is -0.493 e. The van der Waals surface area contributed by atoms with Crippen LogP contribution < -0.4 is 9.64 Å². The van der Waals surface area contributed by atoms with E-state index in [0.29, 0.717) is 43.5 Å². The van der Waals surface area contributed by atoms with Crippen molar-refractivity contribution in [3.8, 4) is 11.6 Å². The normalized spacial score (nSPS) is 16.9. The van der Waals surface area contributed by atoms with Gasteiger partial charge in [-0.25, -0.2) is 23.1 Å². The van der Waals surface area contributed by atoms with Crippen molar-refractivity contribution in [2.75, 3.05) is 37.7 Å². The summed E-state index contributed by atoms with van der Waals surface area (Å²) in [5.74, 6) is 2.25. The van der Waals surface area contributed by atoms with E-state index in [4.69, 9.17) is 4.74 Å². The second-order valence-corrected chi connectivity index (χ2v) is 9.77. The van der Waals surface area contributed by atoms with Crippen molar-refractivity contribution in [3.05, 3.63) is 53.6 Å². The Labute approximate surface area is 181 Å². The first-order valence-electron chi connectivity index (χ1n) is 10.3. The molecule has 10 heteroatoms. The summed E-state index contributed by atoms with van der Waals surface area (Å²) >= 11 is 0. The van der Waals surface area contributed by atoms with Crippen LogP contribution in [0.1, 0.15) is 17.0 Å². The summed E-state index contributed by atoms with van der Waals surface area (Å²) < 4.78 is 35.1. The summed E-state index contributed by atoms with van der Waals surface area (Å²) in [6.45, 7) is 6.44. The lowest BCUT2D eigenvalue weighted by atomic mass is 10.2. The van der Waals surface area contributed by atoms with Crippen LogP contribution in [0.4, 0.5) is 5.82 Å². The predicted molar refractivity (Wildman–Crippen MR) is 115 cm³/mol. The Morgan fingerprint density at radius 1 is 0.968 bits per heavy atom. The van der Waals surface area contributed by atoms with E-state index in [-0.39, 0.29) is 0 Å². The number of sulfonamides is 1. The van der Waals surface area contributed by atoms with Gasteiger partial charge in [-0.3, -0.25) is 0 Å². The van der Waals surface area contributed by atoms with Gasteiger partial charge in [0.25, 0.3) is 0 Å². The summed E-state index contributed by atoms with van der Waals surface area (Å²) in [5.41, 5.74) is 2.88. The fourth-order valence-corrected chi connectivity index (χ4v) is 5.59. The van der Waals surface area contributed by atoms with Crippen LogP contribution in [0.5, 0.6) is 5.75 Å². The SMILES string of the molecule is Cc1cc(C)n(-c2cc(N3CCN(S(=O)(=O)c4ccc5c(c4)CCO5)CC3)ncn2)n1. The Morgan fingerprint density at radius 2 is 1.74 bits per heavy atom. The van der Waals surface area contributed by atoms with Gasteiger partial charge < -0.3 is 9.64 Å². The number of aryl methyl sites for hydroxylation is 2. The van der Waals surface area contributed by atoms with Crippen molar-refractivity contribution in [1.82, 2.24) is 24.1 Å². The number of rotatable bonds is 4. The first kappa shape index (κ1) is 20.0. The molecule has 5 rings (SSSR count). The fourth-order valence-electron chi connectivity index (χ4n) is 4.12. The first-order chi connectivity index (χ1) is 14.9. The lowest BCUT2D eigenvalue weighted by molar-refractivity contribution is 0.356. The largest absolute Gasteiger partial charge is 0.493 e. The zero-order valence-electron chi connectivity index (χ0n) is 17.5. The summed E-state index contributed by atoms with van der Waals surface area (Å²) in [6.07, 6.45) is 2.27. The minimum atomic E-state index is -3.54. The quantitative estimate of drug-likeness (QED) is 0.610. The fraction of sp³-hybridized carbons (Fsp3) is 0.381. The maximum Gasteiger partial charge on any atom is 0.243 e. The average Bonchev–Trinajstić information content (AvgIpc) is 3.39. The molecule has 3 aromatic rings. The molecule has 0 aliphatic carbocycles. The summed E-state index contributed by atoms with van der Waals surface area (Å²) in [4.78, 5) is 11.2. The third-order valence-electron chi connectivity index (χ3n) is 5.73. The molecule has 2 aliphatic heterocycles. The van der Waals surface area contributed by atoms with Crippen molar-refractivity contribution in [3.63, 3.8) is 0 Å². The molecule has 0 radical (unpaired) electrons. The van der Waals surface area contributed by atoms with Crippen molar-refractivity contribution in [2.24, 2.45) is 0 Å². The van der Waals surface area contributed by atoms with Crippen LogP contribution >= 0.6 is 0 Å². The van der Waals surface area contributed by atoms with Crippen LogP contribution in [0, 0.1) is 13.8 Å². The van der Waals surface area contributed by atoms with Gasteiger partial charge >= 0.3 is 0 Å². The van der Waals surface area contributed by atoms with Crippen LogP contribution in [0.2, 0.25) is 0 Å². The molecule has 9 nitrogen and oxygen atoms in total. The first-order valence-corrected chi connectivity index (χ1v) is 11.7. The van der Waals surface area contributed by atoms with Crippen molar-refractivity contribution in [1.29, 1.82) is 0 Å². The molecule has 1 saturated heterocycles. The molecule has 162 valence electrons. The highest BCUT2D eigenvalue weighted by Gasteiger charge is 2.30. The van der Waals surface area contributed by atoms with E-state index in [0.717, 1.165) is 34.9 Å². The van der Waals surface area contributed by atoms with Gasteiger partial charge in [-0.2, -0.15) is 9.40 Å². The van der Waals surface area contributed by atoms with Gasteiger partial charge in [0.05, 0.1) is 17.2 Å². The lowest BCUT2D eigenvalue weighted by Gasteiger charge is -2.34. The van der Waals surface area contributed by atoms with E-state index < -0.39 is 10.0 Å². The van der Waals surface area contributed by atoms with E-state index in [1.54, 1.807) is 27.2 Å². The number of hydrogen-bond acceptors (Lipinski definition) is 7. The molecule has 0 spiro atoms. The van der Waals surface area contributed by atoms with E-state index in [1.807, 2.05) is 26.0 Å². The number of fused-ring (bicyclic) bond motifs is 1. The molecule has 0 amide bonds.